The highest BCUT2D eigenvalue weighted by Crippen LogP contribution is 2.28. The zero-order valence-electron chi connectivity index (χ0n) is 16.1. The average Bonchev–Trinajstić information content (AvgIpc) is 3.21. The maximum atomic E-state index is 12.5. The van der Waals surface area contributed by atoms with E-state index in [4.69, 9.17) is 4.42 Å². The van der Waals surface area contributed by atoms with E-state index in [9.17, 15) is 30.3 Å². The van der Waals surface area contributed by atoms with Crippen molar-refractivity contribution >= 4 is 29.0 Å². The van der Waals surface area contributed by atoms with Gasteiger partial charge in [-0.15, -0.1) is 0 Å². The first-order valence-electron chi connectivity index (χ1n) is 8.81. The summed E-state index contributed by atoms with van der Waals surface area (Å²) in [5.41, 5.74) is 0.310. The number of hydrogen-bond donors (Lipinski definition) is 1. The fourth-order valence-corrected chi connectivity index (χ4v) is 2.74. The Morgan fingerprint density at radius 1 is 1.10 bits per heavy atom. The number of aryl methyl sites for hydroxylation is 1. The number of furan rings is 1. The van der Waals surface area contributed by atoms with Crippen LogP contribution in [-0.2, 0) is 4.79 Å². The predicted octanol–water partition coefficient (Wildman–Crippen LogP) is 4.62. The van der Waals surface area contributed by atoms with E-state index < -0.39 is 15.8 Å². The number of non-ortho nitro benzene ring substituents is 1. The van der Waals surface area contributed by atoms with E-state index in [2.05, 4.69) is 5.32 Å². The molecule has 0 spiro atoms. The van der Waals surface area contributed by atoms with E-state index in [1.807, 2.05) is 0 Å². The fourth-order valence-electron chi connectivity index (χ4n) is 2.74. The molecule has 1 amide bonds. The molecular weight excluding hydrogens is 404 g/mol. The average molecular weight is 418 g/mol. The minimum absolute atomic E-state index is 0.0431. The zero-order chi connectivity index (χ0) is 22.5. The van der Waals surface area contributed by atoms with Gasteiger partial charge in [0.1, 0.15) is 28.9 Å². The van der Waals surface area contributed by atoms with Gasteiger partial charge in [0.25, 0.3) is 17.3 Å². The highest BCUT2D eigenvalue weighted by Gasteiger charge is 2.19. The Labute approximate surface area is 175 Å². The van der Waals surface area contributed by atoms with Crippen molar-refractivity contribution in [2.24, 2.45) is 0 Å². The van der Waals surface area contributed by atoms with Gasteiger partial charge in [0.2, 0.25) is 0 Å². The van der Waals surface area contributed by atoms with Crippen LogP contribution in [0.15, 0.2) is 64.6 Å². The van der Waals surface area contributed by atoms with Gasteiger partial charge in [-0.05, 0) is 30.7 Å². The number of hydrogen-bond acceptors (Lipinski definition) is 7. The number of nitrogens with one attached hydrogen (secondary N) is 1. The van der Waals surface area contributed by atoms with Crippen LogP contribution in [0.4, 0.5) is 17.1 Å². The number of nitro benzene ring substituents is 2. The van der Waals surface area contributed by atoms with Crippen LogP contribution >= 0.6 is 0 Å². The van der Waals surface area contributed by atoms with Crippen molar-refractivity contribution in [3.63, 3.8) is 0 Å². The van der Waals surface area contributed by atoms with E-state index in [0.29, 0.717) is 16.9 Å². The molecular formula is C21H14N4O6. The summed E-state index contributed by atoms with van der Waals surface area (Å²) in [6.07, 6.45) is 1.18. The minimum atomic E-state index is -0.845. The molecule has 0 atom stereocenters. The molecule has 2 aromatic carbocycles. The molecule has 1 aromatic heterocycles. The third-order valence-electron chi connectivity index (χ3n) is 4.22. The molecule has 0 aliphatic heterocycles. The summed E-state index contributed by atoms with van der Waals surface area (Å²) in [6.45, 7) is 1.68. The first-order chi connectivity index (χ1) is 14.8. The monoisotopic (exact) mass is 418 g/mol. The van der Waals surface area contributed by atoms with Gasteiger partial charge in [0.05, 0.1) is 9.85 Å². The first-order valence-corrected chi connectivity index (χ1v) is 8.81. The number of benzene rings is 2. The molecule has 0 fully saturated rings. The summed E-state index contributed by atoms with van der Waals surface area (Å²) in [5, 5.41) is 33.8. The number of carbonyl (C=O) groups excluding carboxylic acids is 1. The van der Waals surface area contributed by atoms with Crippen molar-refractivity contribution in [1.82, 2.24) is 0 Å². The second-order valence-electron chi connectivity index (χ2n) is 6.41. The van der Waals surface area contributed by atoms with E-state index in [0.717, 1.165) is 0 Å². The Kier molecular flexibility index (Phi) is 5.88. The maximum absolute atomic E-state index is 12.5. The smallest absolute Gasteiger partial charge is 0.293 e. The number of nitrogens with zero attached hydrogens (tertiary/aromatic N) is 3. The lowest BCUT2D eigenvalue weighted by Gasteiger charge is -2.05. The summed E-state index contributed by atoms with van der Waals surface area (Å²) in [6, 6.07) is 14.9. The summed E-state index contributed by atoms with van der Waals surface area (Å²) in [4.78, 5) is 33.4. The highest BCUT2D eigenvalue weighted by molar-refractivity contribution is 6.10. The SMILES string of the molecule is Cc1ccc(NC(=O)/C(C#N)=C/c2ccc(-c3cccc([N+](=O)[O-])c3)o2)c([N+](=O)[O-])c1. The van der Waals surface area contributed by atoms with Crippen molar-refractivity contribution in [3.8, 4) is 17.4 Å². The van der Waals surface area contributed by atoms with Crippen LogP contribution in [0.1, 0.15) is 11.3 Å². The Hall–Kier alpha value is -4.78. The Morgan fingerprint density at radius 2 is 1.87 bits per heavy atom. The van der Waals surface area contributed by atoms with Gasteiger partial charge in [-0.2, -0.15) is 5.26 Å². The van der Waals surface area contributed by atoms with Crippen molar-refractivity contribution in [2.45, 2.75) is 6.92 Å². The molecule has 3 aromatic rings. The molecule has 10 heteroatoms. The third kappa shape index (κ3) is 4.80. The van der Waals surface area contributed by atoms with Crippen LogP contribution in [0.5, 0.6) is 0 Å². The van der Waals surface area contributed by atoms with Crippen molar-refractivity contribution in [2.75, 3.05) is 5.32 Å². The first kappa shape index (κ1) is 20.9. The van der Waals surface area contributed by atoms with Gasteiger partial charge >= 0.3 is 0 Å². The van der Waals surface area contributed by atoms with E-state index in [1.54, 1.807) is 31.2 Å². The summed E-state index contributed by atoms with van der Waals surface area (Å²) < 4.78 is 5.58. The number of carbonyl (C=O) groups is 1. The molecule has 0 radical (unpaired) electrons. The fraction of sp³-hybridized carbons (Fsp3) is 0.0476. The van der Waals surface area contributed by atoms with Crippen LogP contribution in [0.3, 0.4) is 0 Å². The van der Waals surface area contributed by atoms with Crippen molar-refractivity contribution in [3.05, 3.63) is 91.7 Å². The quantitative estimate of drug-likeness (QED) is 0.265. The predicted molar refractivity (Wildman–Crippen MR) is 111 cm³/mol. The molecule has 0 saturated heterocycles. The molecule has 0 unspecified atom stereocenters. The maximum Gasteiger partial charge on any atom is 0.293 e. The number of nitriles is 1. The third-order valence-corrected chi connectivity index (χ3v) is 4.22. The number of rotatable bonds is 6. The van der Waals surface area contributed by atoms with Crippen LogP contribution in [0, 0.1) is 38.5 Å². The molecule has 0 aliphatic carbocycles. The topological polar surface area (TPSA) is 152 Å². The Balaban J connectivity index is 1.86. The molecule has 10 nitrogen and oxygen atoms in total. The van der Waals surface area contributed by atoms with Gasteiger partial charge in [0, 0.05) is 29.8 Å². The molecule has 3 rings (SSSR count). The van der Waals surface area contributed by atoms with Gasteiger partial charge in [-0.25, -0.2) is 0 Å². The molecule has 31 heavy (non-hydrogen) atoms. The second-order valence-corrected chi connectivity index (χ2v) is 6.41. The minimum Gasteiger partial charge on any atom is -0.457 e. The molecule has 1 N–H and O–H groups in total. The molecule has 1 heterocycles. The molecule has 0 bridgehead atoms. The summed E-state index contributed by atoms with van der Waals surface area (Å²) in [5.74, 6) is -0.379. The summed E-state index contributed by atoms with van der Waals surface area (Å²) >= 11 is 0. The van der Waals surface area contributed by atoms with Crippen molar-refractivity contribution in [1.29, 1.82) is 5.26 Å². The molecule has 0 saturated carbocycles. The van der Waals surface area contributed by atoms with Crippen LogP contribution in [0.25, 0.3) is 17.4 Å². The molecule has 154 valence electrons. The van der Waals surface area contributed by atoms with Gasteiger partial charge in [-0.1, -0.05) is 18.2 Å². The lowest BCUT2D eigenvalue weighted by molar-refractivity contribution is -0.384. The second kappa shape index (κ2) is 8.71. The lowest BCUT2D eigenvalue weighted by Crippen LogP contribution is -2.14. The zero-order valence-corrected chi connectivity index (χ0v) is 16.1. The number of nitro groups is 2. The van der Waals surface area contributed by atoms with E-state index in [-0.39, 0.29) is 28.4 Å². The lowest BCUT2D eigenvalue weighted by atomic mass is 10.1. The van der Waals surface area contributed by atoms with Gasteiger partial charge in [-0.3, -0.25) is 25.0 Å². The van der Waals surface area contributed by atoms with Crippen LogP contribution in [-0.4, -0.2) is 15.8 Å². The summed E-state index contributed by atoms with van der Waals surface area (Å²) in [7, 11) is 0. The largest absolute Gasteiger partial charge is 0.457 e. The number of amides is 1. The van der Waals surface area contributed by atoms with Gasteiger partial charge < -0.3 is 9.73 Å². The van der Waals surface area contributed by atoms with Crippen LogP contribution in [0.2, 0.25) is 0 Å². The Morgan fingerprint density at radius 3 is 2.55 bits per heavy atom. The standard InChI is InChI=1S/C21H14N4O6/c1-13-5-7-18(19(9-13)25(29)30)23-21(26)15(12-22)11-17-6-8-20(31-17)14-3-2-4-16(10-14)24(27)28/h2-11H,1H3,(H,23,26)/b15-11+. The van der Waals surface area contributed by atoms with Crippen molar-refractivity contribution < 1.29 is 19.1 Å². The number of anilines is 1. The van der Waals surface area contributed by atoms with Gasteiger partial charge in [0.15, 0.2) is 0 Å². The normalized spacial score (nSPS) is 10.9. The Bertz CT molecular complexity index is 1270. The molecule has 0 aliphatic rings. The van der Waals surface area contributed by atoms with E-state index >= 15 is 0 Å². The van der Waals surface area contributed by atoms with Crippen LogP contribution < -0.4 is 5.32 Å². The van der Waals surface area contributed by atoms with E-state index in [1.165, 1.54) is 42.5 Å². The highest BCUT2D eigenvalue weighted by atomic mass is 16.6.